The molecule has 4 rings (SSSR count). The fraction of sp³-hybridized carbons (Fsp3) is 0.125. The van der Waals surface area contributed by atoms with Crippen molar-refractivity contribution < 1.29 is 14.6 Å². The number of rotatable bonds is 5. The van der Waals surface area contributed by atoms with Crippen LogP contribution in [0.5, 0.6) is 5.75 Å². The first-order valence-corrected chi connectivity index (χ1v) is 8.96. The van der Waals surface area contributed by atoms with Crippen molar-refractivity contribution in [3.8, 4) is 16.9 Å². The lowest BCUT2D eigenvalue weighted by molar-refractivity contribution is -0.136. The lowest BCUT2D eigenvalue weighted by atomic mass is 9.90. The van der Waals surface area contributed by atoms with Gasteiger partial charge in [-0.25, -0.2) is 0 Å². The number of hydrogen-bond donors (Lipinski definition) is 1. The second-order valence-electron chi connectivity index (χ2n) is 6.63. The third-order valence-corrected chi connectivity index (χ3v) is 4.99. The van der Waals surface area contributed by atoms with Gasteiger partial charge in [0.25, 0.3) is 0 Å². The maximum Gasteiger partial charge on any atom is 0.303 e. The van der Waals surface area contributed by atoms with Gasteiger partial charge >= 0.3 is 5.97 Å². The quantitative estimate of drug-likeness (QED) is 0.500. The third-order valence-electron chi connectivity index (χ3n) is 4.99. The van der Waals surface area contributed by atoms with Crippen molar-refractivity contribution in [1.82, 2.24) is 0 Å². The van der Waals surface area contributed by atoms with Crippen molar-refractivity contribution in [3.05, 3.63) is 78.4 Å². The number of carbonyl (C=O) groups is 1. The molecule has 4 aromatic rings. The molecule has 0 aliphatic heterocycles. The number of aliphatic carboxylic acids is 1. The largest absolute Gasteiger partial charge is 0.497 e. The molecule has 3 heteroatoms. The van der Waals surface area contributed by atoms with E-state index in [1.165, 1.54) is 0 Å². The van der Waals surface area contributed by atoms with Gasteiger partial charge in [-0.1, -0.05) is 54.6 Å². The molecule has 0 amide bonds. The summed E-state index contributed by atoms with van der Waals surface area (Å²) in [5.74, 6) is 0.0580. The summed E-state index contributed by atoms with van der Waals surface area (Å²) in [6.45, 7) is 0. The van der Waals surface area contributed by atoms with Gasteiger partial charge in [-0.3, -0.25) is 4.79 Å². The van der Waals surface area contributed by atoms with E-state index in [0.717, 1.165) is 44.0 Å². The Morgan fingerprint density at radius 2 is 1.63 bits per heavy atom. The molecule has 0 bridgehead atoms. The average Bonchev–Trinajstić information content (AvgIpc) is 2.71. The predicted octanol–water partition coefficient (Wildman–Crippen LogP) is 5.69. The van der Waals surface area contributed by atoms with Crippen molar-refractivity contribution in [1.29, 1.82) is 0 Å². The van der Waals surface area contributed by atoms with Crippen LogP contribution in [-0.4, -0.2) is 18.2 Å². The Hall–Kier alpha value is -3.33. The molecule has 134 valence electrons. The van der Waals surface area contributed by atoms with Crippen LogP contribution in [-0.2, 0) is 11.2 Å². The van der Waals surface area contributed by atoms with Crippen molar-refractivity contribution in [3.63, 3.8) is 0 Å². The summed E-state index contributed by atoms with van der Waals surface area (Å²) in [4.78, 5) is 11.2. The zero-order chi connectivity index (χ0) is 18.8. The van der Waals surface area contributed by atoms with Gasteiger partial charge in [0.1, 0.15) is 5.75 Å². The van der Waals surface area contributed by atoms with E-state index < -0.39 is 5.97 Å². The Balaban J connectivity index is 1.88. The first-order chi connectivity index (χ1) is 13.2. The van der Waals surface area contributed by atoms with Crippen molar-refractivity contribution in [2.75, 3.05) is 7.11 Å². The number of hydrogen-bond acceptors (Lipinski definition) is 2. The first kappa shape index (κ1) is 17.1. The number of aryl methyl sites for hydroxylation is 1. The van der Waals surface area contributed by atoms with E-state index >= 15 is 0 Å². The van der Waals surface area contributed by atoms with Crippen LogP contribution in [0.3, 0.4) is 0 Å². The molecular weight excluding hydrogens is 336 g/mol. The Labute approximate surface area is 157 Å². The molecule has 27 heavy (non-hydrogen) atoms. The Kier molecular flexibility index (Phi) is 4.51. The molecule has 0 aromatic heterocycles. The molecule has 0 spiro atoms. The average molecular weight is 356 g/mol. The fourth-order valence-electron chi connectivity index (χ4n) is 3.63. The van der Waals surface area contributed by atoms with Crippen molar-refractivity contribution >= 4 is 27.5 Å². The van der Waals surface area contributed by atoms with Crippen LogP contribution in [0.15, 0.2) is 72.8 Å². The highest BCUT2D eigenvalue weighted by atomic mass is 16.5. The van der Waals surface area contributed by atoms with Crippen LogP contribution in [0, 0.1) is 0 Å². The number of carboxylic acid groups (broad SMARTS) is 1. The molecule has 0 aliphatic carbocycles. The van der Waals surface area contributed by atoms with E-state index in [4.69, 9.17) is 4.74 Å². The highest BCUT2D eigenvalue weighted by molar-refractivity contribution is 5.95. The predicted molar refractivity (Wildman–Crippen MR) is 109 cm³/mol. The monoisotopic (exact) mass is 356 g/mol. The SMILES string of the molecule is COc1ccc2cc(-c3ccc4ccccc4c3CCC(=O)O)ccc2c1. The number of ether oxygens (including phenoxy) is 1. The topological polar surface area (TPSA) is 46.5 Å². The molecule has 0 atom stereocenters. The zero-order valence-corrected chi connectivity index (χ0v) is 15.1. The summed E-state index contributed by atoms with van der Waals surface area (Å²) in [5, 5.41) is 13.7. The molecule has 4 aromatic carbocycles. The van der Waals surface area contributed by atoms with E-state index in [2.05, 4.69) is 48.5 Å². The van der Waals surface area contributed by atoms with Crippen molar-refractivity contribution in [2.45, 2.75) is 12.8 Å². The third kappa shape index (κ3) is 3.36. The Morgan fingerprint density at radius 3 is 2.44 bits per heavy atom. The summed E-state index contributed by atoms with van der Waals surface area (Å²) >= 11 is 0. The second kappa shape index (κ2) is 7.12. The normalized spacial score (nSPS) is 11.0. The molecule has 0 fully saturated rings. The number of carboxylic acids is 1. The van der Waals surface area contributed by atoms with Gasteiger partial charge in [-0.05, 0) is 62.9 Å². The van der Waals surface area contributed by atoms with Gasteiger partial charge in [0.15, 0.2) is 0 Å². The zero-order valence-electron chi connectivity index (χ0n) is 15.1. The number of fused-ring (bicyclic) bond motifs is 2. The summed E-state index contributed by atoms with van der Waals surface area (Å²) in [6.07, 6.45) is 0.623. The molecule has 0 radical (unpaired) electrons. The van der Waals surface area contributed by atoms with Gasteiger partial charge in [-0.15, -0.1) is 0 Å². The minimum atomic E-state index is -0.778. The molecule has 0 heterocycles. The van der Waals surface area contributed by atoms with E-state index in [-0.39, 0.29) is 6.42 Å². The van der Waals surface area contributed by atoms with Crippen LogP contribution in [0.1, 0.15) is 12.0 Å². The van der Waals surface area contributed by atoms with Crippen LogP contribution >= 0.6 is 0 Å². The minimum absolute atomic E-state index is 0.117. The van der Waals surface area contributed by atoms with Gasteiger partial charge in [0.05, 0.1) is 7.11 Å². The molecule has 0 aliphatic rings. The number of methoxy groups -OCH3 is 1. The fourth-order valence-corrected chi connectivity index (χ4v) is 3.63. The smallest absolute Gasteiger partial charge is 0.303 e. The first-order valence-electron chi connectivity index (χ1n) is 8.96. The maximum absolute atomic E-state index is 11.2. The Bertz CT molecular complexity index is 1140. The van der Waals surface area contributed by atoms with Crippen LogP contribution in [0.2, 0.25) is 0 Å². The maximum atomic E-state index is 11.2. The molecule has 0 saturated carbocycles. The van der Waals surface area contributed by atoms with E-state index in [0.29, 0.717) is 6.42 Å². The standard InChI is InChI=1S/C24H20O3/c1-27-20-10-8-17-14-19(7-6-18(17)15-20)22-11-9-16-4-2-3-5-21(16)23(22)12-13-24(25)26/h2-11,14-15H,12-13H2,1H3,(H,25,26). The summed E-state index contributed by atoms with van der Waals surface area (Å²) in [5.41, 5.74) is 3.27. The molecule has 0 unspecified atom stereocenters. The lowest BCUT2D eigenvalue weighted by Gasteiger charge is -2.14. The van der Waals surface area contributed by atoms with Gasteiger partial charge < -0.3 is 9.84 Å². The van der Waals surface area contributed by atoms with Crippen LogP contribution < -0.4 is 4.74 Å². The van der Waals surface area contributed by atoms with Crippen LogP contribution in [0.25, 0.3) is 32.7 Å². The lowest BCUT2D eigenvalue weighted by Crippen LogP contribution is -2.00. The summed E-state index contributed by atoms with van der Waals surface area (Å²) in [7, 11) is 1.67. The van der Waals surface area contributed by atoms with Crippen LogP contribution in [0.4, 0.5) is 0 Å². The molecular formula is C24H20O3. The van der Waals surface area contributed by atoms with Gasteiger partial charge in [0, 0.05) is 6.42 Å². The molecule has 1 N–H and O–H groups in total. The van der Waals surface area contributed by atoms with E-state index in [1.807, 2.05) is 24.3 Å². The van der Waals surface area contributed by atoms with Gasteiger partial charge in [0.2, 0.25) is 0 Å². The van der Waals surface area contributed by atoms with Gasteiger partial charge in [-0.2, -0.15) is 0 Å². The Morgan fingerprint density at radius 1 is 0.889 bits per heavy atom. The molecule has 3 nitrogen and oxygen atoms in total. The van der Waals surface area contributed by atoms with E-state index in [9.17, 15) is 9.90 Å². The summed E-state index contributed by atoms with van der Waals surface area (Å²) in [6, 6.07) is 24.7. The van der Waals surface area contributed by atoms with Crippen molar-refractivity contribution in [2.24, 2.45) is 0 Å². The highest BCUT2D eigenvalue weighted by Crippen LogP contribution is 2.33. The molecule has 0 saturated heterocycles. The van der Waals surface area contributed by atoms with E-state index in [1.54, 1.807) is 7.11 Å². The second-order valence-corrected chi connectivity index (χ2v) is 6.63. The number of benzene rings is 4. The highest BCUT2D eigenvalue weighted by Gasteiger charge is 2.12. The summed E-state index contributed by atoms with van der Waals surface area (Å²) < 4.78 is 5.30. The minimum Gasteiger partial charge on any atom is -0.497 e.